The molecule has 1 heterocycles. The van der Waals surface area contributed by atoms with E-state index in [4.69, 9.17) is 9.84 Å². The van der Waals surface area contributed by atoms with Crippen molar-refractivity contribution < 1.29 is 9.84 Å². The van der Waals surface area contributed by atoms with Gasteiger partial charge in [-0.05, 0) is 12.0 Å². The van der Waals surface area contributed by atoms with Gasteiger partial charge in [-0.2, -0.15) is 0 Å². The number of hydrogen-bond acceptors (Lipinski definition) is 4. The summed E-state index contributed by atoms with van der Waals surface area (Å²) >= 11 is 0. The van der Waals surface area contributed by atoms with Gasteiger partial charge in [0.05, 0.1) is 13.7 Å². The van der Waals surface area contributed by atoms with Gasteiger partial charge in [0.25, 0.3) is 0 Å². The number of benzene rings is 1. The number of rotatable bonds is 7. The Morgan fingerprint density at radius 3 is 2.45 bits per heavy atom. The Kier molecular flexibility index (Phi) is 6.68. The van der Waals surface area contributed by atoms with Crippen molar-refractivity contribution in [1.29, 1.82) is 0 Å². The van der Waals surface area contributed by atoms with Crippen LogP contribution in [0, 0.1) is 5.92 Å². The highest BCUT2D eigenvalue weighted by atomic mass is 16.5. The molecule has 1 fully saturated rings. The van der Waals surface area contributed by atoms with E-state index in [1.165, 1.54) is 5.56 Å². The summed E-state index contributed by atoms with van der Waals surface area (Å²) in [4.78, 5) is 4.92. The Balaban J connectivity index is 2.17. The number of aliphatic hydroxyl groups is 1. The Morgan fingerprint density at radius 1 is 1.18 bits per heavy atom. The molecule has 0 saturated carbocycles. The maximum atomic E-state index is 9.09. The van der Waals surface area contributed by atoms with Crippen LogP contribution >= 0.6 is 0 Å². The summed E-state index contributed by atoms with van der Waals surface area (Å²) in [7, 11) is 1.76. The highest BCUT2D eigenvalue weighted by Gasteiger charge is 2.30. The zero-order chi connectivity index (χ0) is 15.9. The first-order valence-corrected chi connectivity index (χ1v) is 8.41. The van der Waals surface area contributed by atoms with Crippen molar-refractivity contribution in [1.82, 2.24) is 9.80 Å². The van der Waals surface area contributed by atoms with Crippen molar-refractivity contribution in [2.75, 3.05) is 46.4 Å². The second-order valence-corrected chi connectivity index (χ2v) is 6.17. The van der Waals surface area contributed by atoms with Gasteiger partial charge in [0, 0.05) is 44.3 Å². The monoisotopic (exact) mass is 306 g/mol. The fourth-order valence-electron chi connectivity index (χ4n) is 3.40. The smallest absolute Gasteiger partial charge is 0.123 e. The molecule has 1 aromatic rings. The molecular formula is C18H30N2O2. The quantitative estimate of drug-likeness (QED) is 0.839. The molecule has 0 radical (unpaired) electrons. The molecule has 1 aliphatic rings. The molecule has 0 aromatic heterocycles. The molecule has 1 aromatic carbocycles. The number of aliphatic hydroxyl groups excluding tert-OH is 1. The molecule has 1 N–H and O–H groups in total. The Labute approximate surface area is 134 Å². The summed E-state index contributed by atoms with van der Waals surface area (Å²) in [5, 5.41) is 9.09. The second kappa shape index (κ2) is 8.51. The van der Waals surface area contributed by atoms with E-state index in [0.29, 0.717) is 12.0 Å². The summed E-state index contributed by atoms with van der Waals surface area (Å²) in [5.74, 6) is 1.58. The number of nitrogens with zero attached hydrogens (tertiary/aromatic N) is 2. The number of para-hydroxylation sites is 1. The van der Waals surface area contributed by atoms with Crippen molar-refractivity contribution in [3.63, 3.8) is 0 Å². The molecular weight excluding hydrogens is 276 g/mol. The van der Waals surface area contributed by atoms with Crippen LogP contribution in [0.2, 0.25) is 0 Å². The molecule has 1 saturated heterocycles. The van der Waals surface area contributed by atoms with Gasteiger partial charge in [-0.3, -0.25) is 9.80 Å². The fourth-order valence-corrected chi connectivity index (χ4v) is 3.40. The third-order valence-electron chi connectivity index (χ3n) is 4.86. The van der Waals surface area contributed by atoms with Crippen LogP contribution in [0.5, 0.6) is 5.75 Å². The van der Waals surface area contributed by atoms with E-state index in [-0.39, 0.29) is 6.61 Å². The molecule has 0 spiro atoms. The average molecular weight is 306 g/mol. The summed E-state index contributed by atoms with van der Waals surface area (Å²) in [6, 6.07) is 8.81. The van der Waals surface area contributed by atoms with Crippen molar-refractivity contribution in [2.45, 2.75) is 26.3 Å². The predicted octanol–water partition coefficient (Wildman–Crippen LogP) is 2.39. The molecule has 0 bridgehead atoms. The maximum Gasteiger partial charge on any atom is 0.123 e. The molecule has 1 aliphatic heterocycles. The molecule has 0 aliphatic carbocycles. The van der Waals surface area contributed by atoms with Gasteiger partial charge in [-0.15, -0.1) is 0 Å². The summed E-state index contributed by atoms with van der Waals surface area (Å²) < 4.78 is 5.60. The maximum absolute atomic E-state index is 9.09. The lowest BCUT2D eigenvalue weighted by molar-refractivity contribution is 0.0617. The molecule has 4 nitrogen and oxygen atoms in total. The van der Waals surface area contributed by atoms with E-state index < -0.39 is 0 Å². The summed E-state index contributed by atoms with van der Waals surface area (Å²) in [6.07, 6.45) is 1.15. The Morgan fingerprint density at radius 2 is 1.86 bits per heavy atom. The van der Waals surface area contributed by atoms with Crippen LogP contribution in [0.15, 0.2) is 24.3 Å². The van der Waals surface area contributed by atoms with E-state index in [2.05, 4.69) is 41.8 Å². The van der Waals surface area contributed by atoms with Gasteiger partial charge in [0.2, 0.25) is 0 Å². The van der Waals surface area contributed by atoms with Crippen LogP contribution < -0.4 is 4.74 Å². The SMILES string of the molecule is CCC(C)C(c1ccccc1OC)N1CCN(CCO)CC1. The van der Waals surface area contributed by atoms with Crippen molar-refractivity contribution >= 4 is 0 Å². The summed E-state index contributed by atoms with van der Waals surface area (Å²) in [6.45, 7) is 9.79. The minimum Gasteiger partial charge on any atom is -0.496 e. The first-order valence-electron chi connectivity index (χ1n) is 8.41. The van der Waals surface area contributed by atoms with Gasteiger partial charge in [0.15, 0.2) is 0 Å². The lowest BCUT2D eigenvalue weighted by Gasteiger charge is -2.42. The molecule has 0 amide bonds. The molecule has 2 atom stereocenters. The third kappa shape index (κ3) is 4.00. The van der Waals surface area contributed by atoms with E-state index >= 15 is 0 Å². The standard InChI is InChI=1S/C18H30N2O2/c1-4-15(2)18(16-7-5-6-8-17(16)22-3)20-11-9-19(10-12-20)13-14-21/h5-8,15,18,21H,4,9-14H2,1-3H3. The van der Waals surface area contributed by atoms with Crippen molar-refractivity contribution in [3.8, 4) is 5.75 Å². The van der Waals surface area contributed by atoms with E-state index in [1.54, 1.807) is 7.11 Å². The van der Waals surface area contributed by atoms with Gasteiger partial charge in [0.1, 0.15) is 5.75 Å². The lowest BCUT2D eigenvalue weighted by Crippen LogP contribution is -2.49. The fraction of sp³-hybridized carbons (Fsp3) is 0.667. The molecule has 22 heavy (non-hydrogen) atoms. The predicted molar refractivity (Wildman–Crippen MR) is 90.3 cm³/mol. The molecule has 2 unspecified atom stereocenters. The van der Waals surface area contributed by atoms with Crippen molar-refractivity contribution in [2.24, 2.45) is 5.92 Å². The van der Waals surface area contributed by atoms with Crippen LogP contribution in [0.25, 0.3) is 0 Å². The van der Waals surface area contributed by atoms with Crippen LogP contribution in [-0.2, 0) is 0 Å². The normalized spacial score (nSPS) is 19.8. The third-order valence-corrected chi connectivity index (χ3v) is 4.86. The highest BCUT2D eigenvalue weighted by Crippen LogP contribution is 2.36. The molecule has 2 rings (SSSR count). The topological polar surface area (TPSA) is 35.9 Å². The Hall–Kier alpha value is -1.10. The minimum atomic E-state index is 0.251. The first-order chi connectivity index (χ1) is 10.7. The van der Waals surface area contributed by atoms with E-state index in [9.17, 15) is 0 Å². The second-order valence-electron chi connectivity index (χ2n) is 6.17. The van der Waals surface area contributed by atoms with Crippen molar-refractivity contribution in [3.05, 3.63) is 29.8 Å². The van der Waals surface area contributed by atoms with E-state index in [0.717, 1.165) is 44.9 Å². The van der Waals surface area contributed by atoms with Gasteiger partial charge >= 0.3 is 0 Å². The zero-order valence-electron chi connectivity index (χ0n) is 14.2. The molecule has 124 valence electrons. The number of ether oxygens (including phenoxy) is 1. The largest absolute Gasteiger partial charge is 0.496 e. The van der Waals surface area contributed by atoms with Crippen LogP contribution in [0.4, 0.5) is 0 Å². The number of hydrogen-bond donors (Lipinski definition) is 1. The van der Waals surface area contributed by atoms with Gasteiger partial charge in [-0.25, -0.2) is 0 Å². The highest BCUT2D eigenvalue weighted by molar-refractivity contribution is 5.36. The lowest BCUT2D eigenvalue weighted by atomic mass is 9.90. The summed E-state index contributed by atoms with van der Waals surface area (Å²) in [5.41, 5.74) is 1.30. The van der Waals surface area contributed by atoms with Gasteiger partial charge < -0.3 is 9.84 Å². The van der Waals surface area contributed by atoms with Crippen LogP contribution in [0.1, 0.15) is 31.9 Å². The van der Waals surface area contributed by atoms with E-state index in [1.807, 2.05) is 6.07 Å². The Bertz CT molecular complexity index is 444. The first kappa shape index (κ1) is 17.3. The molecule has 4 heteroatoms. The van der Waals surface area contributed by atoms with Crippen LogP contribution in [0.3, 0.4) is 0 Å². The minimum absolute atomic E-state index is 0.251. The number of methoxy groups -OCH3 is 1. The van der Waals surface area contributed by atoms with Gasteiger partial charge in [-0.1, -0.05) is 38.5 Å². The van der Waals surface area contributed by atoms with Crippen LogP contribution in [-0.4, -0.2) is 61.3 Å². The number of β-amino-alcohol motifs (C(OH)–C–C–N with tert-alkyl or cyclic N) is 1. The zero-order valence-corrected chi connectivity index (χ0v) is 14.2. The average Bonchev–Trinajstić information content (AvgIpc) is 2.57. The number of piperazine rings is 1.